The summed E-state index contributed by atoms with van der Waals surface area (Å²) >= 11 is 0. The lowest BCUT2D eigenvalue weighted by molar-refractivity contribution is 0.180. The van der Waals surface area contributed by atoms with Crippen LogP contribution in [-0.4, -0.2) is 50.8 Å². The highest BCUT2D eigenvalue weighted by atomic mass is 16.5. The molecule has 0 spiro atoms. The van der Waals surface area contributed by atoms with Gasteiger partial charge in [0.25, 0.3) is 0 Å². The molecular formula is C11H22N2O. The maximum absolute atomic E-state index is 5.38. The number of nitrogens with zero attached hydrogens (tertiary/aromatic N) is 1. The Morgan fingerprint density at radius 3 is 3.00 bits per heavy atom. The summed E-state index contributed by atoms with van der Waals surface area (Å²) in [6.45, 7) is 5.78. The summed E-state index contributed by atoms with van der Waals surface area (Å²) in [7, 11) is 2.07. The summed E-state index contributed by atoms with van der Waals surface area (Å²) in [6.07, 6.45) is 3.93. The van der Waals surface area contributed by atoms with Gasteiger partial charge in [0.2, 0.25) is 0 Å². The number of hydrogen-bond acceptors (Lipinski definition) is 3. The van der Waals surface area contributed by atoms with Crippen molar-refractivity contribution in [1.29, 1.82) is 0 Å². The van der Waals surface area contributed by atoms with Crippen molar-refractivity contribution in [3.63, 3.8) is 0 Å². The van der Waals surface area contributed by atoms with Crippen LogP contribution in [0.15, 0.2) is 0 Å². The lowest BCUT2D eigenvalue weighted by Crippen LogP contribution is -2.30. The van der Waals surface area contributed by atoms with Crippen LogP contribution in [0.4, 0.5) is 0 Å². The van der Waals surface area contributed by atoms with Gasteiger partial charge in [-0.2, -0.15) is 0 Å². The first-order valence-electron chi connectivity index (χ1n) is 5.86. The number of likely N-dealkylation sites (tertiary alicyclic amines) is 1. The maximum Gasteiger partial charge on any atom is 0.0495 e. The second-order valence-electron chi connectivity index (χ2n) is 4.59. The maximum atomic E-state index is 5.38. The number of likely N-dealkylation sites (N-methyl/N-ethyl adjacent to an activating group) is 1. The first kappa shape index (κ1) is 10.4. The molecular weight excluding hydrogens is 176 g/mol. The van der Waals surface area contributed by atoms with Crippen LogP contribution in [0.3, 0.4) is 0 Å². The van der Waals surface area contributed by atoms with Gasteiger partial charge in [0.15, 0.2) is 0 Å². The van der Waals surface area contributed by atoms with Crippen molar-refractivity contribution in [2.75, 3.05) is 39.9 Å². The fraction of sp³-hybridized carbons (Fsp3) is 1.00. The smallest absolute Gasteiger partial charge is 0.0495 e. The van der Waals surface area contributed by atoms with Crippen molar-refractivity contribution in [3.05, 3.63) is 0 Å². The lowest BCUT2D eigenvalue weighted by atomic mass is 10.1. The Hall–Kier alpha value is -0.120. The molecule has 0 aromatic rings. The summed E-state index contributed by atoms with van der Waals surface area (Å²) in [5, 5.41) is 3.36. The highest BCUT2D eigenvalue weighted by Crippen LogP contribution is 2.18. The zero-order valence-electron chi connectivity index (χ0n) is 9.17. The Bertz CT molecular complexity index is 169. The first-order chi connectivity index (χ1) is 6.88. The van der Waals surface area contributed by atoms with Crippen LogP contribution in [0, 0.1) is 5.92 Å². The molecule has 2 heterocycles. The van der Waals surface area contributed by atoms with E-state index in [1.54, 1.807) is 0 Å². The summed E-state index contributed by atoms with van der Waals surface area (Å²) in [5.41, 5.74) is 0. The largest absolute Gasteiger partial charge is 0.381 e. The van der Waals surface area contributed by atoms with Gasteiger partial charge in [-0.1, -0.05) is 0 Å². The Morgan fingerprint density at radius 2 is 2.36 bits per heavy atom. The van der Waals surface area contributed by atoms with Gasteiger partial charge in [-0.15, -0.1) is 0 Å². The molecule has 0 amide bonds. The molecule has 0 aliphatic carbocycles. The molecule has 0 aromatic carbocycles. The zero-order valence-corrected chi connectivity index (χ0v) is 9.17. The molecule has 14 heavy (non-hydrogen) atoms. The molecule has 2 unspecified atom stereocenters. The van der Waals surface area contributed by atoms with E-state index in [-0.39, 0.29) is 0 Å². The average Bonchev–Trinajstić information content (AvgIpc) is 2.86. The van der Waals surface area contributed by atoms with E-state index >= 15 is 0 Å². The molecule has 0 saturated carbocycles. The second kappa shape index (κ2) is 5.10. The molecule has 2 aliphatic heterocycles. The van der Waals surface area contributed by atoms with Crippen molar-refractivity contribution in [2.24, 2.45) is 5.92 Å². The molecule has 0 bridgehead atoms. The van der Waals surface area contributed by atoms with Crippen LogP contribution in [0.1, 0.15) is 19.3 Å². The fourth-order valence-corrected chi connectivity index (χ4v) is 2.45. The van der Waals surface area contributed by atoms with Crippen LogP contribution in [0.25, 0.3) is 0 Å². The van der Waals surface area contributed by atoms with Gasteiger partial charge >= 0.3 is 0 Å². The molecule has 3 nitrogen and oxygen atoms in total. The Kier molecular flexibility index (Phi) is 3.79. The standard InChI is InChI=1S/C11H22N2O/c1-12-11-3-6-13(8-11)5-2-10-4-7-14-9-10/h10-12H,2-9H2,1H3. The molecule has 82 valence electrons. The predicted octanol–water partition coefficient (Wildman–Crippen LogP) is 0.707. The summed E-state index contributed by atoms with van der Waals surface area (Å²) < 4.78 is 5.38. The third-order valence-corrected chi connectivity index (χ3v) is 3.56. The van der Waals surface area contributed by atoms with Gasteiger partial charge < -0.3 is 15.0 Å². The van der Waals surface area contributed by atoms with Gasteiger partial charge in [0.1, 0.15) is 0 Å². The van der Waals surface area contributed by atoms with E-state index < -0.39 is 0 Å². The Balaban J connectivity index is 1.61. The van der Waals surface area contributed by atoms with Gasteiger partial charge in [-0.3, -0.25) is 0 Å². The zero-order chi connectivity index (χ0) is 9.80. The van der Waals surface area contributed by atoms with Crippen molar-refractivity contribution >= 4 is 0 Å². The monoisotopic (exact) mass is 198 g/mol. The average molecular weight is 198 g/mol. The predicted molar refractivity (Wildman–Crippen MR) is 57.4 cm³/mol. The second-order valence-corrected chi connectivity index (χ2v) is 4.59. The molecule has 2 atom stereocenters. The first-order valence-corrected chi connectivity index (χ1v) is 5.86. The number of rotatable bonds is 4. The molecule has 1 N–H and O–H groups in total. The molecule has 3 heteroatoms. The number of ether oxygens (including phenoxy) is 1. The van der Waals surface area contributed by atoms with Gasteiger partial charge in [-0.25, -0.2) is 0 Å². The quantitative estimate of drug-likeness (QED) is 0.720. The minimum Gasteiger partial charge on any atom is -0.381 e. The highest BCUT2D eigenvalue weighted by Gasteiger charge is 2.22. The number of nitrogens with one attached hydrogen (secondary N) is 1. The van der Waals surface area contributed by atoms with E-state index in [0.29, 0.717) is 0 Å². The van der Waals surface area contributed by atoms with E-state index in [0.717, 1.165) is 25.2 Å². The Labute approximate surface area is 86.8 Å². The number of hydrogen-bond donors (Lipinski definition) is 1. The van der Waals surface area contributed by atoms with Crippen molar-refractivity contribution in [2.45, 2.75) is 25.3 Å². The molecule has 2 rings (SSSR count). The summed E-state index contributed by atoms with van der Waals surface area (Å²) in [6, 6.07) is 0.731. The molecule has 2 fully saturated rings. The van der Waals surface area contributed by atoms with Crippen LogP contribution in [0.5, 0.6) is 0 Å². The highest BCUT2D eigenvalue weighted by molar-refractivity contribution is 4.80. The third-order valence-electron chi connectivity index (χ3n) is 3.56. The Morgan fingerprint density at radius 1 is 1.43 bits per heavy atom. The van der Waals surface area contributed by atoms with Crippen molar-refractivity contribution in [3.8, 4) is 0 Å². The molecule has 2 saturated heterocycles. The fourth-order valence-electron chi connectivity index (χ4n) is 2.45. The van der Waals surface area contributed by atoms with E-state index in [9.17, 15) is 0 Å². The van der Waals surface area contributed by atoms with Gasteiger partial charge in [0, 0.05) is 25.8 Å². The van der Waals surface area contributed by atoms with E-state index in [1.807, 2.05) is 0 Å². The molecule has 2 aliphatic rings. The van der Waals surface area contributed by atoms with Crippen LogP contribution >= 0.6 is 0 Å². The normalized spacial score (nSPS) is 34.1. The third kappa shape index (κ3) is 2.69. The van der Waals surface area contributed by atoms with Crippen molar-refractivity contribution in [1.82, 2.24) is 10.2 Å². The van der Waals surface area contributed by atoms with Crippen LogP contribution < -0.4 is 5.32 Å². The van der Waals surface area contributed by atoms with Crippen molar-refractivity contribution < 1.29 is 4.74 Å². The van der Waals surface area contributed by atoms with Gasteiger partial charge in [-0.05, 0) is 45.3 Å². The minimum atomic E-state index is 0.731. The van der Waals surface area contributed by atoms with Crippen LogP contribution in [0.2, 0.25) is 0 Å². The lowest BCUT2D eigenvalue weighted by Gasteiger charge is -2.17. The van der Waals surface area contributed by atoms with E-state index in [1.165, 1.54) is 38.9 Å². The topological polar surface area (TPSA) is 24.5 Å². The minimum absolute atomic E-state index is 0.731. The van der Waals surface area contributed by atoms with E-state index in [2.05, 4.69) is 17.3 Å². The van der Waals surface area contributed by atoms with E-state index in [4.69, 9.17) is 4.74 Å². The summed E-state index contributed by atoms with van der Waals surface area (Å²) in [5.74, 6) is 0.837. The van der Waals surface area contributed by atoms with Crippen LogP contribution in [-0.2, 0) is 4.74 Å². The SMILES string of the molecule is CNC1CCN(CCC2CCOC2)C1. The summed E-state index contributed by atoms with van der Waals surface area (Å²) in [4.78, 5) is 2.58. The van der Waals surface area contributed by atoms with Gasteiger partial charge in [0.05, 0.1) is 0 Å². The molecule has 0 radical (unpaired) electrons. The molecule has 0 aromatic heterocycles.